The molecule has 1 amide bonds. The van der Waals surface area contributed by atoms with Gasteiger partial charge in [0.15, 0.2) is 5.13 Å². The Morgan fingerprint density at radius 1 is 1.39 bits per heavy atom. The Labute approximate surface area is 110 Å². The van der Waals surface area contributed by atoms with Crippen LogP contribution in [-0.2, 0) is 4.79 Å². The Bertz CT molecular complexity index is 564. The van der Waals surface area contributed by atoms with Crippen molar-refractivity contribution in [3.05, 3.63) is 35.7 Å². The lowest BCUT2D eigenvalue weighted by atomic mass is 10.2. The van der Waals surface area contributed by atoms with Gasteiger partial charge >= 0.3 is 0 Å². The first-order valence-electron chi connectivity index (χ1n) is 6.06. The number of rotatable bonds is 3. The lowest BCUT2D eigenvalue weighted by molar-refractivity contribution is -0.117. The molecule has 2 aromatic rings. The molecule has 1 aromatic carbocycles. The SMILES string of the molecule is C[C@@H]1C[C@H]1C(=O)Nc1nc(-c2ccccc2)cs1. The van der Waals surface area contributed by atoms with Gasteiger partial charge < -0.3 is 5.32 Å². The zero-order valence-electron chi connectivity index (χ0n) is 10.1. The lowest BCUT2D eigenvalue weighted by Crippen LogP contribution is -2.14. The number of carbonyl (C=O) groups excluding carboxylic acids is 1. The van der Waals surface area contributed by atoms with Gasteiger partial charge in [-0.3, -0.25) is 4.79 Å². The van der Waals surface area contributed by atoms with E-state index in [0.717, 1.165) is 17.7 Å². The van der Waals surface area contributed by atoms with Gasteiger partial charge in [-0.05, 0) is 12.3 Å². The standard InChI is InChI=1S/C14H14N2OS/c1-9-7-11(9)13(17)16-14-15-12(8-18-14)10-5-3-2-4-6-10/h2-6,8-9,11H,7H2,1H3,(H,15,16,17)/t9-,11-/m1/s1. The molecule has 3 nitrogen and oxygen atoms in total. The van der Waals surface area contributed by atoms with E-state index in [0.29, 0.717) is 11.0 Å². The number of hydrogen-bond acceptors (Lipinski definition) is 3. The molecule has 1 N–H and O–H groups in total. The second kappa shape index (κ2) is 4.53. The van der Waals surface area contributed by atoms with Crippen LogP contribution in [0.25, 0.3) is 11.3 Å². The Morgan fingerprint density at radius 2 is 2.11 bits per heavy atom. The summed E-state index contributed by atoms with van der Waals surface area (Å²) < 4.78 is 0. The van der Waals surface area contributed by atoms with Crippen LogP contribution in [0.5, 0.6) is 0 Å². The first-order valence-corrected chi connectivity index (χ1v) is 6.94. The zero-order chi connectivity index (χ0) is 12.5. The van der Waals surface area contributed by atoms with Crippen LogP contribution >= 0.6 is 11.3 Å². The second-order valence-electron chi connectivity index (χ2n) is 4.71. The highest BCUT2D eigenvalue weighted by molar-refractivity contribution is 7.14. The molecule has 0 aliphatic heterocycles. The van der Waals surface area contributed by atoms with Gasteiger partial charge in [-0.2, -0.15) is 0 Å². The van der Waals surface area contributed by atoms with Crippen molar-refractivity contribution in [2.24, 2.45) is 11.8 Å². The third-order valence-corrected chi connectivity index (χ3v) is 4.01. The minimum absolute atomic E-state index is 0.108. The molecule has 1 saturated carbocycles. The zero-order valence-corrected chi connectivity index (χ0v) is 10.9. The largest absolute Gasteiger partial charge is 0.302 e. The lowest BCUT2D eigenvalue weighted by Gasteiger charge is -1.99. The van der Waals surface area contributed by atoms with Crippen molar-refractivity contribution in [3.8, 4) is 11.3 Å². The highest BCUT2D eigenvalue weighted by Crippen LogP contribution is 2.38. The van der Waals surface area contributed by atoms with Gasteiger partial charge in [-0.15, -0.1) is 11.3 Å². The summed E-state index contributed by atoms with van der Waals surface area (Å²) in [5.41, 5.74) is 1.99. The molecule has 1 aromatic heterocycles. The van der Waals surface area contributed by atoms with Crippen molar-refractivity contribution in [2.45, 2.75) is 13.3 Å². The van der Waals surface area contributed by atoms with Crippen molar-refractivity contribution < 1.29 is 4.79 Å². The summed E-state index contributed by atoms with van der Waals surface area (Å²) in [6.45, 7) is 2.10. The van der Waals surface area contributed by atoms with Crippen LogP contribution in [-0.4, -0.2) is 10.9 Å². The molecule has 1 fully saturated rings. The van der Waals surface area contributed by atoms with E-state index in [2.05, 4.69) is 17.2 Å². The summed E-state index contributed by atoms with van der Waals surface area (Å²) in [5, 5.41) is 5.56. The average Bonchev–Trinajstić information content (AvgIpc) is 2.95. The monoisotopic (exact) mass is 258 g/mol. The van der Waals surface area contributed by atoms with Crippen LogP contribution in [0.3, 0.4) is 0 Å². The van der Waals surface area contributed by atoms with Crippen LogP contribution in [0.1, 0.15) is 13.3 Å². The van der Waals surface area contributed by atoms with Crippen molar-refractivity contribution in [1.29, 1.82) is 0 Å². The molecular weight excluding hydrogens is 244 g/mol. The summed E-state index contributed by atoms with van der Waals surface area (Å²) in [6, 6.07) is 9.98. The summed E-state index contributed by atoms with van der Waals surface area (Å²) in [5.74, 6) is 0.823. The third-order valence-electron chi connectivity index (χ3n) is 3.25. The maximum absolute atomic E-state index is 11.8. The van der Waals surface area contributed by atoms with E-state index < -0.39 is 0 Å². The molecule has 0 radical (unpaired) electrons. The van der Waals surface area contributed by atoms with Gasteiger partial charge in [-0.1, -0.05) is 37.3 Å². The summed E-state index contributed by atoms with van der Waals surface area (Å²) in [4.78, 5) is 16.2. The maximum atomic E-state index is 11.8. The van der Waals surface area contributed by atoms with Gasteiger partial charge in [0.25, 0.3) is 0 Å². The molecule has 0 bridgehead atoms. The van der Waals surface area contributed by atoms with Gasteiger partial charge in [0.1, 0.15) is 0 Å². The Balaban J connectivity index is 1.72. The Morgan fingerprint density at radius 3 is 2.78 bits per heavy atom. The normalized spacial score (nSPS) is 21.6. The number of anilines is 1. The third kappa shape index (κ3) is 2.29. The van der Waals surface area contributed by atoms with Gasteiger partial charge in [0.05, 0.1) is 5.69 Å². The molecule has 1 aliphatic carbocycles. The molecule has 0 unspecified atom stereocenters. The molecule has 4 heteroatoms. The Hall–Kier alpha value is -1.68. The van der Waals surface area contributed by atoms with Crippen molar-refractivity contribution in [2.75, 3.05) is 5.32 Å². The average molecular weight is 258 g/mol. The quantitative estimate of drug-likeness (QED) is 0.916. The fourth-order valence-electron chi connectivity index (χ4n) is 1.96. The first kappa shape index (κ1) is 11.4. The smallest absolute Gasteiger partial charge is 0.229 e. The molecule has 3 rings (SSSR count). The molecule has 1 heterocycles. The second-order valence-corrected chi connectivity index (χ2v) is 5.57. The van der Waals surface area contributed by atoms with Crippen molar-refractivity contribution in [1.82, 2.24) is 4.98 Å². The van der Waals surface area contributed by atoms with E-state index in [-0.39, 0.29) is 11.8 Å². The minimum Gasteiger partial charge on any atom is -0.302 e. The van der Waals surface area contributed by atoms with Crippen LogP contribution in [0.2, 0.25) is 0 Å². The fraction of sp³-hybridized carbons (Fsp3) is 0.286. The van der Waals surface area contributed by atoms with E-state index in [4.69, 9.17) is 0 Å². The summed E-state index contributed by atoms with van der Waals surface area (Å²) in [6.07, 6.45) is 1.00. The van der Waals surface area contributed by atoms with E-state index in [1.807, 2.05) is 35.7 Å². The number of benzene rings is 1. The van der Waals surface area contributed by atoms with E-state index >= 15 is 0 Å². The number of carbonyl (C=O) groups is 1. The highest BCUT2D eigenvalue weighted by Gasteiger charge is 2.39. The first-order chi connectivity index (χ1) is 8.74. The van der Waals surface area contributed by atoms with Crippen molar-refractivity contribution in [3.63, 3.8) is 0 Å². The van der Waals surface area contributed by atoms with Crippen LogP contribution in [0, 0.1) is 11.8 Å². The number of nitrogens with one attached hydrogen (secondary N) is 1. The summed E-state index contributed by atoms with van der Waals surface area (Å²) in [7, 11) is 0. The molecule has 1 aliphatic rings. The predicted molar refractivity (Wildman–Crippen MR) is 73.5 cm³/mol. The number of aromatic nitrogens is 1. The number of hydrogen-bond donors (Lipinski definition) is 1. The Kier molecular flexibility index (Phi) is 2.88. The van der Waals surface area contributed by atoms with Crippen molar-refractivity contribution >= 4 is 22.4 Å². The van der Waals surface area contributed by atoms with E-state index in [1.54, 1.807) is 0 Å². The molecule has 92 valence electrons. The van der Waals surface area contributed by atoms with E-state index in [9.17, 15) is 4.79 Å². The number of amides is 1. The highest BCUT2D eigenvalue weighted by atomic mass is 32.1. The van der Waals surface area contributed by atoms with Gasteiger partial charge in [0.2, 0.25) is 5.91 Å². The number of thiazole rings is 1. The molecule has 18 heavy (non-hydrogen) atoms. The maximum Gasteiger partial charge on any atom is 0.229 e. The molecule has 0 saturated heterocycles. The van der Waals surface area contributed by atoms with Crippen LogP contribution in [0.4, 0.5) is 5.13 Å². The molecule has 0 spiro atoms. The summed E-state index contributed by atoms with van der Waals surface area (Å²) >= 11 is 1.48. The van der Waals surface area contributed by atoms with Gasteiger partial charge in [0, 0.05) is 16.9 Å². The predicted octanol–water partition coefficient (Wildman–Crippen LogP) is 3.40. The van der Waals surface area contributed by atoms with E-state index in [1.165, 1.54) is 11.3 Å². The van der Waals surface area contributed by atoms with Gasteiger partial charge in [-0.25, -0.2) is 4.98 Å². The van der Waals surface area contributed by atoms with Crippen LogP contribution < -0.4 is 5.32 Å². The number of nitrogens with zero attached hydrogens (tertiary/aromatic N) is 1. The minimum atomic E-state index is 0.108. The molecule has 2 atom stereocenters. The molecular formula is C14H14N2OS. The fourth-order valence-corrected chi connectivity index (χ4v) is 2.68. The van der Waals surface area contributed by atoms with Crippen LogP contribution in [0.15, 0.2) is 35.7 Å². The topological polar surface area (TPSA) is 42.0 Å².